The quantitative estimate of drug-likeness (QED) is 0.527. The van der Waals surface area contributed by atoms with Gasteiger partial charge in [-0.2, -0.15) is 0 Å². The van der Waals surface area contributed by atoms with Gasteiger partial charge in [-0.3, -0.25) is 0 Å². The van der Waals surface area contributed by atoms with Crippen molar-refractivity contribution >= 4 is 22.8 Å². The summed E-state index contributed by atoms with van der Waals surface area (Å²) in [5.74, 6) is 1.81. The van der Waals surface area contributed by atoms with Crippen LogP contribution in [0.5, 0.6) is 5.75 Å². The van der Waals surface area contributed by atoms with Gasteiger partial charge in [-0.25, -0.2) is 4.98 Å². The number of benzene rings is 2. The molecule has 0 spiro atoms. The number of hydrogen-bond donors (Lipinski definition) is 1. The summed E-state index contributed by atoms with van der Waals surface area (Å²) in [4.78, 5) is 4.59. The first-order valence-corrected chi connectivity index (χ1v) is 8.95. The van der Waals surface area contributed by atoms with E-state index in [1.165, 1.54) is 11.1 Å². The lowest BCUT2D eigenvalue weighted by molar-refractivity contribution is 0.451. The van der Waals surface area contributed by atoms with Crippen molar-refractivity contribution in [3.63, 3.8) is 0 Å². The highest BCUT2D eigenvalue weighted by Crippen LogP contribution is 2.36. The highest BCUT2D eigenvalue weighted by atomic mass is 16.5. The molecular weight excluding hydrogens is 334 g/mol. The Morgan fingerprint density at radius 1 is 1.11 bits per heavy atom. The number of hydrogen-bond acceptors (Lipinski definition) is 3. The molecule has 2 aromatic heterocycles. The van der Waals surface area contributed by atoms with Gasteiger partial charge >= 0.3 is 0 Å². The Labute approximate surface area is 157 Å². The van der Waals surface area contributed by atoms with Crippen LogP contribution in [-0.4, -0.2) is 9.55 Å². The monoisotopic (exact) mass is 353 g/mol. The molecule has 1 aliphatic heterocycles. The number of nitrogen functional groups attached to an aromatic ring is 1. The van der Waals surface area contributed by atoms with Gasteiger partial charge in [0.05, 0.1) is 0 Å². The maximum atomic E-state index is 6.05. The molecule has 4 nitrogen and oxygen atoms in total. The molecule has 0 radical (unpaired) electrons. The van der Waals surface area contributed by atoms with E-state index in [1.54, 1.807) is 0 Å². The van der Waals surface area contributed by atoms with E-state index in [2.05, 4.69) is 52.2 Å². The van der Waals surface area contributed by atoms with E-state index in [0.29, 0.717) is 0 Å². The molecule has 0 saturated carbocycles. The molecule has 2 N–H and O–H groups in total. The summed E-state index contributed by atoms with van der Waals surface area (Å²) >= 11 is 0. The van der Waals surface area contributed by atoms with Crippen molar-refractivity contribution in [1.29, 1.82) is 0 Å². The molecule has 4 aromatic rings. The lowest BCUT2D eigenvalue weighted by atomic mass is 10.0. The highest BCUT2D eigenvalue weighted by Gasteiger charge is 2.19. The van der Waals surface area contributed by atoms with Crippen molar-refractivity contribution in [2.24, 2.45) is 7.05 Å². The fourth-order valence-electron chi connectivity index (χ4n) is 3.76. The molecule has 132 valence electrons. The van der Waals surface area contributed by atoms with E-state index in [1.807, 2.05) is 37.5 Å². The molecule has 2 aromatic carbocycles. The minimum atomic E-state index is 0.748. The molecule has 5 rings (SSSR count). The number of allylic oxidation sites excluding steroid dienone is 1. The topological polar surface area (TPSA) is 53.1 Å². The van der Waals surface area contributed by atoms with Gasteiger partial charge in [0.2, 0.25) is 0 Å². The summed E-state index contributed by atoms with van der Waals surface area (Å²) in [7, 11) is 2.02. The van der Waals surface area contributed by atoms with Gasteiger partial charge in [0.15, 0.2) is 0 Å². The van der Waals surface area contributed by atoms with Crippen LogP contribution in [0.4, 0.5) is 5.69 Å². The largest absolute Gasteiger partial charge is 0.461 e. The van der Waals surface area contributed by atoms with E-state index in [4.69, 9.17) is 10.5 Å². The summed E-state index contributed by atoms with van der Waals surface area (Å²) in [5.41, 5.74) is 12.2. The average molecular weight is 353 g/mol. The SMILES string of the molecule is Cn1cc(C=C2Cc3cc(N)ccc3O2)c2c(-c3ccccc3)ccnc21. The molecule has 27 heavy (non-hydrogen) atoms. The number of anilines is 1. The van der Waals surface area contributed by atoms with E-state index in [9.17, 15) is 0 Å². The molecule has 0 atom stereocenters. The van der Waals surface area contributed by atoms with Crippen molar-refractivity contribution in [1.82, 2.24) is 9.55 Å². The summed E-state index contributed by atoms with van der Waals surface area (Å²) in [6, 6.07) is 18.3. The predicted octanol–water partition coefficient (Wildman–Crippen LogP) is 4.80. The average Bonchev–Trinajstić information content (AvgIpc) is 3.23. The summed E-state index contributed by atoms with van der Waals surface area (Å²) in [6.45, 7) is 0. The number of rotatable bonds is 2. The van der Waals surface area contributed by atoms with E-state index < -0.39 is 0 Å². The van der Waals surface area contributed by atoms with Crippen LogP contribution in [-0.2, 0) is 13.5 Å². The van der Waals surface area contributed by atoms with Crippen LogP contribution in [0.3, 0.4) is 0 Å². The van der Waals surface area contributed by atoms with Crippen LogP contribution in [0, 0.1) is 0 Å². The van der Waals surface area contributed by atoms with Gasteiger partial charge in [0, 0.05) is 48.1 Å². The van der Waals surface area contributed by atoms with E-state index >= 15 is 0 Å². The zero-order valence-electron chi connectivity index (χ0n) is 15.0. The molecule has 0 amide bonds. The molecular formula is C23H19N3O. The third-order valence-electron chi connectivity index (χ3n) is 4.98. The van der Waals surface area contributed by atoms with E-state index in [0.717, 1.165) is 45.8 Å². The van der Waals surface area contributed by atoms with Crippen molar-refractivity contribution in [3.8, 4) is 16.9 Å². The van der Waals surface area contributed by atoms with Crippen LogP contribution in [0.15, 0.2) is 72.8 Å². The zero-order valence-corrected chi connectivity index (χ0v) is 15.0. The molecule has 3 heterocycles. The van der Waals surface area contributed by atoms with Gasteiger partial charge in [-0.15, -0.1) is 0 Å². The fraction of sp³-hybridized carbons (Fsp3) is 0.0870. The number of ether oxygens (including phenoxy) is 1. The number of fused-ring (bicyclic) bond motifs is 2. The van der Waals surface area contributed by atoms with Gasteiger partial charge in [0.25, 0.3) is 0 Å². The number of pyridine rings is 1. The fourth-order valence-corrected chi connectivity index (χ4v) is 3.76. The minimum absolute atomic E-state index is 0.748. The molecule has 0 unspecified atom stereocenters. The maximum Gasteiger partial charge on any atom is 0.140 e. The second-order valence-electron chi connectivity index (χ2n) is 6.88. The van der Waals surface area contributed by atoms with E-state index in [-0.39, 0.29) is 0 Å². The van der Waals surface area contributed by atoms with Crippen LogP contribution >= 0.6 is 0 Å². The lowest BCUT2D eigenvalue weighted by Gasteiger charge is -2.05. The van der Waals surface area contributed by atoms with Crippen LogP contribution < -0.4 is 10.5 Å². The summed E-state index contributed by atoms with van der Waals surface area (Å²) < 4.78 is 8.11. The standard InChI is InChI=1S/C23H19N3O/c1-26-14-17(13-19-12-16-11-18(24)7-8-21(16)27-19)22-20(9-10-25-23(22)26)15-5-3-2-4-6-15/h2-11,13-14H,12,24H2,1H3. The molecule has 0 saturated heterocycles. The normalized spacial score (nSPS) is 14.5. The minimum Gasteiger partial charge on any atom is -0.461 e. The van der Waals surface area contributed by atoms with Crippen LogP contribution in [0.1, 0.15) is 11.1 Å². The second-order valence-corrected chi connectivity index (χ2v) is 6.88. The Morgan fingerprint density at radius 3 is 2.81 bits per heavy atom. The van der Waals surface area contributed by atoms with Crippen LogP contribution in [0.2, 0.25) is 0 Å². The Kier molecular flexibility index (Phi) is 3.50. The number of aryl methyl sites for hydroxylation is 1. The third-order valence-corrected chi connectivity index (χ3v) is 4.98. The Hall–Kier alpha value is -3.53. The smallest absolute Gasteiger partial charge is 0.140 e. The maximum absolute atomic E-state index is 6.05. The lowest BCUT2D eigenvalue weighted by Crippen LogP contribution is -1.89. The van der Waals surface area contributed by atoms with Crippen molar-refractivity contribution in [3.05, 3.63) is 83.9 Å². The first-order valence-electron chi connectivity index (χ1n) is 8.95. The predicted molar refractivity (Wildman–Crippen MR) is 109 cm³/mol. The number of nitrogens with two attached hydrogens (primary N) is 1. The Balaban J connectivity index is 1.65. The zero-order chi connectivity index (χ0) is 18.4. The molecule has 0 fully saturated rings. The summed E-state index contributed by atoms with van der Waals surface area (Å²) in [6.07, 6.45) is 6.84. The van der Waals surface area contributed by atoms with Crippen molar-refractivity contribution < 1.29 is 4.74 Å². The number of nitrogens with zero attached hydrogens (tertiary/aromatic N) is 2. The second kappa shape index (κ2) is 6.02. The van der Waals surface area contributed by atoms with Gasteiger partial charge in [-0.1, -0.05) is 30.3 Å². The molecule has 1 aliphatic rings. The van der Waals surface area contributed by atoms with Crippen LogP contribution in [0.25, 0.3) is 28.2 Å². The third kappa shape index (κ3) is 2.66. The molecule has 0 aliphatic carbocycles. The first kappa shape index (κ1) is 15.7. The van der Waals surface area contributed by atoms with Gasteiger partial charge in [0.1, 0.15) is 17.2 Å². The molecule has 0 bridgehead atoms. The molecule has 4 heteroatoms. The van der Waals surface area contributed by atoms with Crippen molar-refractivity contribution in [2.45, 2.75) is 6.42 Å². The first-order chi connectivity index (χ1) is 13.2. The van der Waals surface area contributed by atoms with Gasteiger partial charge in [-0.05, 0) is 41.5 Å². The van der Waals surface area contributed by atoms with Gasteiger partial charge < -0.3 is 15.0 Å². The Morgan fingerprint density at radius 2 is 1.96 bits per heavy atom. The van der Waals surface area contributed by atoms with Crippen molar-refractivity contribution in [2.75, 3.05) is 5.73 Å². The summed E-state index contributed by atoms with van der Waals surface area (Å²) in [5, 5.41) is 1.14. The number of aromatic nitrogens is 2. The Bertz CT molecular complexity index is 1190. The highest BCUT2D eigenvalue weighted by molar-refractivity contribution is 5.99.